The van der Waals surface area contributed by atoms with Crippen LogP contribution in [0.4, 0.5) is 11.9 Å². The minimum Gasteiger partial charge on any atom is -0.467 e. The molecule has 1 aromatic rings. The normalized spacial score (nSPS) is 20.3. The summed E-state index contributed by atoms with van der Waals surface area (Å²) >= 11 is 0. The molecule has 0 atom stereocenters. The van der Waals surface area contributed by atoms with Gasteiger partial charge in [-0.2, -0.15) is 15.0 Å². The number of rotatable bonds is 4. The summed E-state index contributed by atoms with van der Waals surface area (Å²) in [5, 5.41) is 3.44. The quantitative estimate of drug-likeness (QED) is 0.920. The summed E-state index contributed by atoms with van der Waals surface area (Å²) in [7, 11) is 1.61. The average molecular weight is 291 g/mol. The fourth-order valence-electron chi connectivity index (χ4n) is 3.17. The number of hydrogen-bond acceptors (Lipinski definition) is 6. The zero-order valence-corrected chi connectivity index (χ0v) is 12.8. The Balaban J connectivity index is 1.77. The molecule has 2 heterocycles. The minimum atomic E-state index is 0.407. The van der Waals surface area contributed by atoms with Gasteiger partial charge in [0, 0.05) is 19.1 Å². The molecular formula is C15H25N5O. The van der Waals surface area contributed by atoms with Gasteiger partial charge in [0.15, 0.2) is 0 Å². The maximum Gasteiger partial charge on any atom is 0.322 e. The van der Waals surface area contributed by atoms with Gasteiger partial charge in [-0.1, -0.05) is 25.7 Å². The van der Waals surface area contributed by atoms with Crippen LogP contribution in [-0.2, 0) is 0 Å². The van der Waals surface area contributed by atoms with Gasteiger partial charge in [-0.25, -0.2) is 0 Å². The Morgan fingerprint density at radius 1 is 0.952 bits per heavy atom. The first-order chi connectivity index (χ1) is 10.3. The standard InChI is InChI=1S/C15H25N5O/c1-21-15-18-13(16-12-8-4-5-9-12)17-14(19-15)20-10-6-2-3-7-11-20/h12H,2-11H2,1H3,(H,16,17,18,19). The van der Waals surface area contributed by atoms with Gasteiger partial charge in [-0.15, -0.1) is 0 Å². The van der Waals surface area contributed by atoms with Crippen LogP contribution in [0.5, 0.6) is 6.01 Å². The topological polar surface area (TPSA) is 63.2 Å². The summed E-state index contributed by atoms with van der Waals surface area (Å²) < 4.78 is 5.25. The van der Waals surface area contributed by atoms with Crippen LogP contribution in [0.15, 0.2) is 0 Å². The van der Waals surface area contributed by atoms with Gasteiger partial charge in [-0.3, -0.25) is 0 Å². The fraction of sp³-hybridized carbons (Fsp3) is 0.800. The number of anilines is 2. The number of ether oxygens (including phenoxy) is 1. The molecule has 2 fully saturated rings. The molecule has 1 aromatic heterocycles. The van der Waals surface area contributed by atoms with E-state index in [-0.39, 0.29) is 0 Å². The van der Waals surface area contributed by atoms with Crippen molar-refractivity contribution in [1.82, 2.24) is 15.0 Å². The van der Waals surface area contributed by atoms with Crippen molar-refractivity contribution in [2.24, 2.45) is 0 Å². The lowest BCUT2D eigenvalue weighted by Gasteiger charge is -2.21. The summed E-state index contributed by atoms with van der Waals surface area (Å²) in [6.45, 7) is 2.05. The Kier molecular flexibility index (Phi) is 4.72. The number of hydrogen-bond donors (Lipinski definition) is 1. The molecule has 1 aliphatic heterocycles. The Hall–Kier alpha value is -1.59. The number of nitrogens with zero attached hydrogens (tertiary/aromatic N) is 4. The lowest BCUT2D eigenvalue weighted by atomic mass is 10.2. The summed E-state index contributed by atoms with van der Waals surface area (Å²) in [5.41, 5.74) is 0. The summed E-state index contributed by atoms with van der Waals surface area (Å²) in [5.74, 6) is 1.41. The Bertz CT molecular complexity index is 453. The molecule has 0 amide bonds. The third kappa shape index (κ3) is 3.74. The van der Waals surface area contributed by atoms with Crippen molar-refractivity contribution < 1.29 is 4.74 Å². The monoisotopic (exact) mass is 291 g/mol. The lowest BCUT2D eigenvalue weighted by molar-refractivity contribution is 0.378. The average Bonchev–Trinajstić information content (AvgIpc) is 2.86. The number of aromatic nitrogens is 3. The zero-order chi connectivity index (χ0) is 14.5. The third-order valence-corrected chi connectivity index (χ3v) is 4.36. The predicted octanol–water partition coefficient (Wildman–Crippen LogP) is 2.62. The molecule has 0 radical (unpaired) electrons. The SMILES string of the molecule is COc1nc(NC2CCCC2)nc(N2CCCCCC2)n1. The van der Waals surface area contributed by atoms with Crippen LogP contribution in [0.1, 0.15) is 51.4 Å². The highest BCUT2D eigenvalue weighted by Gasteiger charge is 2.19. The van der Waals surface area contributed by atoms with Gasteiger partial charge < -0.3 is 15.0 Å². The van der Waals surface area contributed by atoms with E-state index in [2.05, 4.69) is 25.2 Å². The maximum atomic E-state index is 5.25. The number of methoxy groups -OCH3 is 1. The molecule has 6 nitrogen and oxygen atoms in total. The van der Waals surface area contributed by atoms with Gasteiger partial charge in [0.2, 0.25) is 11.9 Å². The molecule has 21 heavy (non-hydrogen) atoms. The molecule has 1 N–H and O–H groups in total. The van der Waals surface area contributed by atoms with E-state index < -0.39 is 0 Å². The van der Waals surface area contributed by atoms with Crippen LogP contribution in [0.25, 0.3) is 0 Å². The summed E-state index contributed by atoms with van der Waals surface area (Å²) in [6, 6.07) is 0.902. The maximum absolute atomic E-state index is 5.25. The van der Waals surface area contributed by atoms with Crippen molar-refractivity contribution in [1.29, 1.82) is 0 Å². The fourth-order valence-corrected chi connectivity index (χ4v) is 3.17. The highest BCUT2D eigenvalue weighted by molar-refractivity contribution is 5.39. The molecule has 6 heteroatoms. The summed E-state index contributed by atoms with van der Waals surface area (Å²) in [6.07, 6.45) is 9.99. The molecule has 1 aliphatic carbocycles. The van der Waals surface area contributed by atoms with Crippen molar-refractivity contribution in [2.75, 3.05) is 30.4 Å². The Labute approximate surface area is 126 Å². The highest BCUT2D eigenvalue weighted by atomic mass is 16.5. The second-order valence-corrected chi connectivity index (χ2v) is 5.97. The molecule has 0 unspecified atom stereocenters. The molecule has 3 rings (SSSR count). The van der Waals surface area contributed by atoms with E-state index in [4.69, 9.17) is 4.74 Å². The van der Waals surface area contributed by atoms with Gasteiger partial charge >= 0.3 is 6.01 Å². The van der Waals surface area contributed by atoms with E-state index in [9.17, 15) is 0 Å². The predicted molar refractivity (Wildman–Crippen MR) is 82.9 cm³/mol. The first kappa shape index (κ1) is 14.4. The molecule has 0 aromatic carbocycles. The molecule has 0 spiro atoms. The molecule has 116 valence electrons. The van der Waals surface area contributed by atoms with Gasteiger partial charge in [-0.05, 0) is 25.7 Å². The van der Waals surface area contributed by atoms with Crippen LogP contribution in [0.2, 0.25) is 0 Å². The van der Waals surface area contributed by atoms with Crippen molar-refractivity contribution in [3.63, 3.8) is 0 Å². The molecule has 1 saturated heterocycles. The van der Waals surface area contributed by atoms with E-state index in [0.29, 0.717) is 18.0 Å². The van der Waals surface area contributed by atoms with E-state index in [1.807, 2.05) is 0 Å². The van der Waals surface area contributed by atoms with Crippen molar-refractivity contribution in [3.05, 3.63) is 0 Å². The van der Waals surface area contributed by atoms with Crippen LogP contribution in [0, 0.1) is 0 Å². The molecular weight excluding hydrogens is 266 g/mol. The van der Waals surface area contributed by atoms with Gasteiger partial charge in [0.05, 0.1) is 7.11 Å². The Morgan fingerprint density at radius 2 is 1.67 bits per heavy atom. The Morgan fingerprint density at radius 3 is 2.33 bits per heavy atom. The second-order valence-electron chi connectivity index (χ2n) is 5.97. The van der Waals surface area contributed by atoms with Crippen molar-refractivity contribution in [3.8, 4) is 6.01 Å². The summed E-state index contributed by atoms with van der Waals surface area (Å²) in [4.78, 5) is 15.7. The van der Waals surface area contributed by atoms with E-state index in [1.165, 1.54) is 51.4 Å². The van der Waals surface area contributed by atoms with Gasteiger partial charge in [0.25, 0.3) is 0 Å². The van der Waals surface area contributed by atoms with E-state index in [1.54, 1.807) is 7.11 Å². The minimum absolute atomic E-state index is 0.407. The van der Waals surface area contributed by atoms with E-state index in [0.717, 1.165) is 19.0 Å². The first-order valence-corrected chi connectivity index (χ1v) is 8.17. The van der Waals surface area contributed by atoms with Crippen LogP contribution < -0.4 is 15.0 Å². The molecule has 1 saturated carbocycles. The highest BCUT2D eigenvalue weighted by Crippen LogP contribution is 2.23. The van der Waals surface area contributed by atoms with E-state index >= 15 is 0 Å². The lowest BCUT2D eigenvalue weighted by Crippen LogP contribution is -2.27. The van der Waals surface area contributed by atoms with Crippen LogP contribution in [-0.4, -0.2) is 41.2 Å². The second kappa shape index (κ2) is 6.91. The number of nitrogens with one attached hydrogen (secondary N) is 1. The zero-order valence-electron chi connectivity index (χ0n) is 12.8. The van der Waals surface area contributed by atoms with Crippen molar-refractivity contribution >= 4 is 11.9 Å². The first-order valence-electron chi connectivity index (χ1n) is 8.17. The third-order valence-electron chi connectivity index (χ3n) is 4.36. The van der Waals surface area contributed by atoms with Gasteiger partial charge in [0.1, 0.15) is 0 Å². The molecule has 0 bridgehead atoms. The van der Waals surface area contributed by atoms with Crippen molar-refractivity contribution in [2.45, 2.75) is 57.4 Å². The smallest absolute Gasteiger partial charge is 0.322 e. The largest absolute Gasteiger partial charge is 0.467 e. The van der Waals surface area contributed by atoms with Crippen LogP contribution in [0.3, 0.4) is 0 Å². The molecule has 2 aliphatic rings. The van der Waals surface area contributed by atoms with Crippen LogP contribution >= 0.6 is 0 Å².